The van der Waals surface area contributed by atoms with Gasteiger partial charge in [-0.15, -0.1) is 11.3 Å². The van der Waals surface area contributed by atoms with Crippen molar-refractivity contribution in [2.75, 3.05) is 18.1 Å². The second-order valence-electron chi connectivity index (χ2n) is 2.85. The number of hydrogen-bond donors (Lipinski definition) is 1. The van der Waals surface area contributed by atoms with Crippen molar-refractivity contribution in [2.24, 2.45) is 0 Å². The molecule has 2 N–H and O–H groups in total. The van der Waals surface area contributed by atoms with E-state index in [2.05, 4.69) is 6.92 Å². The Morgan fingerprint density at radius 2 is 2.33 bits per heavy atom. The highest BCUT2D eigenvalue weighted by Crippen LogP contribution is 2.28. The summed E-state index contributed by atoms with van der Waals surface area (Å²) in [6.07, 6.45) is 0. The van der Waals surface area contributed by atoms with Crippen LogP contribution in [0.1, 0.15) is 29.1 Å². The molecule has 15 heavy (non-hydrogen) atoms. The molecule has 0 aliphatic heterocycles. The van der Waals surface area contributed by atoms with Gasteiger partial charge in [-0.05, 0) is 18.7 Å². The zero-order valence-electron chi connectivity index (χ0n) is 8.91. The number of anilines is 1. The van der Waals surface area contributed by atoms with Crippen LogP contribution in [-0.2, 0) is 10.5 Å². The van der Waals surface area contributed by atoms with Crippen molar-refractivity contribution in [3.63, 3.8) is 0 Å². The van der Waals surface area contributed by atoms with Crippen LogP contribution < -0.4 is 5.73 Å². The summed E-state index contributed by atoms with van der Waals surface area (Å²) < 4.78 is 4.91. The van der Waals surface area contributed by atoms with Crippen LogP contribution in [0.5, 0.6) is 0 Å². The van der Waals surface area contributed by atoms with Crippen LogP contribution in [-0.4, -0.2) is 18.3 Å². The molecule has 1 rings (SSSR count). The number of nitrogens with two attached hydrogens (primary N) is 1. The molecule has 0 spiro atoms. The van der Waals surface area contributed by atoms with E-state index in [9.17, 15) is 4.79 Å². The zero-order valence-corrected chi connectivity index (χ0v) is 10.5. The Morgan fingerprint density at radius 3 is 2.93 bits per heavy atom. The largest absolute Gasteiger partial charge is 0.462 e. The number of thioether (sulfide) groups is 1. The van der Waals surface area contributed by atoms with E-state index in [1.54, 1.807) is 6.92 Å². The molecular weight excluding hydrogens is 230 g/mol. The second kappa shape index (κ2) is 6.02. The molecule has 0 saturated heterocycles. The van der Waals surface area contributed by atoms with Gasteiger partial charge < -0.3 is 10.5 Å². The van der Waals surface area contributed by atoms with Crippen LogP contribution in [0.2, 0.25) is 0 Å². The number of esters is 1. The van der Waals surface area contributed by atoms with Gasteiger partial charge in [0.2, 0.25) is 0 Å². The van der Waals surface area contributed by atoms with Crippen LogP contribution >= 0.6 is 23.1 Å². The lowest BCUT2D eigenvalue weighted by Crippen LogP contribution is -2.05. The second-order valence-corrected chi connectivity index (χ2v) is 5.29. The van der Waals surface area contributed by atoms with Crippen molar-refractivity contribution < 1.29 is 9.53 Å². The van der Waals surface area contributed by atoms with Gasteiger partial charge >= 0.3 is 5.97 Å². The predicted octanol–water partition coefficient (Wildman–Crippen LogP) is 2.76. The Morgan fingerprint density at radius 1 is 1.60 bits per heavy atom. The maximum Gasteiger partial charge on any atom is 0.341 e. The third-order valence-electron chi connectivity index (χ3n) is 1.76. The molecule has 0 aliphatic rings. The van der Waals surface area contributed by atoms with Gasteiger partial charge in [-0.3, -0.25) is 0 Å². The van der Waals surface area contributed by atoms with Gasteiger partial charge in [0.25, 0.3) is 0 Å². The van der Waals surface area contributed by atoms with Crippen molar-refractivity contribution in [3.05, 3.63) is 16.5 Å². The van der Waals surface area contributed by atoms with Gasteiger partial charge in [-0.1, -0.05) is 6.92 Å². The lowest BCUT2D eigenvalue weighted by atomic mass is 10.3. The number of hydrogen-bond acceptors (Lipinski definition) is 5. The van der Waals surface area contributed by atoms with E-state index in [1.807, 2.05) is 17.8 Å². The number of rotatable bonds is 5. The summed E-state index contributed by atoms with van der Waals surface area (Å²) in [6.45, 7) is 4.27. The molecule has 5 heteroatoms. The van der Waals surface area contributed by atoms with Crippen LogP contribution in [0.4, 0.5) is 5.00 Å². The molecule has 0 radical (unpaired) electrons. The smallest absolute Gasteiger partial charge is 0.341 e. The Balaban J connectivity index is 2.72. The molecule has 1 aromatic heterocycles. The van der Waals surface area contributed by atoms with Gasteiger partial charge in [-0.2, -0.15) is 11.8 Å². The predicted molar refractivity (Wildman–Crippen MR) is 66.5 cm³/mol. The first-order valence-corrected chi connectivity index (χ1v) is 6.79. The van der Waals surface area contributed by atoms with Crippen molar-refractivity contribution in [1.29, 1.82) is 0 Å². The maximum absolute atomic E-state index is 11.5. The van der Waals surface area contributed by atoms with Gasteiger partial charge in [-0.25, -0.2) is 4.79 Å². The number of carbonyl (C=O) groups is 1. The Bertz CT molecular complexity index is 336. The fourth-order valence-electron chi connectivity index (χ4n) is 1.10. The third kappa shape index (κ3) is 3.43. The SMILES string of the molecule is CCOC(=O)c1cc(CSCC)sc1N. The maximum atomic E-state index is 11.5. The minimum atomic E-state index is -0.320. The fourth-order valence-corrected chi connectivity index (χ4v) is 2.79. The first-order valence-electron chi connectivity index (χ1n) is 4.82. The number of ether oxygens (including phenoxy) is 1. The highest BCUT2D eigenvalue weighted by Gasteiger charge is 2.14. The lowest BCUT2D eigenvalue weighted by Gasteiger charge is -1.98. The third-order valence-corrected chi connectivity index (χ3v) is 3.83. The Hall–Kier alpha value is -0.680. The number of nitrogen functional groups attached to an aromatic ring is 1. The summed E-state index contributed by atoms with van der Waals surface area (Å²) >= 11 is 3.28. The molecule has 3 nitrogen and oxygen atoms in total. The topological polar surface area (TPSA) is 52.3 Å². The first-order chi connectivity index (χ1) is 7.19. The van der Waals surface area contributed by atoms with Gasteiger partial charge in [0.15, 0.2) is 0 Å². The summed E-state index contributed by atoms with van der Waals surface area (Å²) in [7, 11) is 0. The molecule has 0 bridgehead atoms. The molecular formula is C10H15NO2S2. The molecule has 0 fully saturated rings. The summed E-state index contributed by atoms with van der Waals surface area (Å²) in [5, 5.41) is 0.556. The van der Waals surface area contributed by atoms with Crippen molar-refractivity contribution in [2.45, 2.75) is 19.6 Å². The molecule has 1 aromatic rings. The minimum Gasteiger partial charge on any atom is -0.462 e. The Kier molecular flexibility index (Phi) is 4.98. The van der Waals surface area contributed by atoms with Gasteiger partial charge in [0.05, 0.1) is 12.2 Å². The van der Waals surface area contributed by atoms with Crippen LogP contribution in [0.15, 0.2) is 6.07 Å². The monoisotopic (exact) mass is 245 g/mol. The van der Waals surface area contributed by atoms with E-state index in [1.165, 1.54) is 11.3 Å². The molecule has 0 saturated carbocycles. The summed E-state index contributed by atoms with van der Waals surface area (Å²) in [5.74, 6) is 1.65. The van der Waals surface area contributed by atoms with E-state index < -0.39 is 0 Å². The van der Waals surface area contributed by atoms with E-state index in [4.69, 9.17) is 10.5 Å². The quantitative estimate of drug-likeness (QED) is 0.810. The van der Waals surface area contributed by atoms with Crippen molar-refractivity contribution >= 4 is 34.1 Å². The van der Waals surface area contributed by atoms with E-state index in [-0.39, 0.29) is 5.97 Å². The van der Waals surface area contributed by atoms with Crippen molar-refractivity contribution in [3.8, 4) is 0 Å². The number of carbonyl (C=O) groups excluding carboxylic acids is 1. The summed E-state index contributed by atoms with van der Waals surface area (Å²) in [5.41, 5.74) is 6.26. The van der Waals surface area contributed by atoms with Crippen molar-refractivity contribution in [1.82, 2.24) is 0 Å². The van der Waals surface area contributed by atoms with Crippen LogP contribution in [0.3, 0.4) is 0 Å². The molecule has 84 valence electrons. The highest BCUT2D eigenvalue weighted by molar-refractivity contribution is 7.98. The molecule has 1 heterocycles. The molecule has 0 atom stereocenters. The lowest BCUT2D eigenvalue weighted by molar-refractivity contribution is 0.0528. The minimum absolute atomic E-state index is 0.320. The normalized spacial score (nSPS) is 10.3. The molecule has 0 aliphatic carbocycles. The fraction of sp³-hybridized carbons (Fsp3) is 0.500. The van der Waals surface area contributed by atoms with E-state index in [0.29, 0.717) is 17.2 Å². The van der Waals surface area contributed by atoms with Gasteiger partial charge in [0.1, 0.15) is 5.00 Å². The Labute approximate surface area is 98.0 Å². The number of thiophene rings is 1. The molecule has 0 aromatic carbocycles. The summed E-state index contributed by atoms with van der Waals surface area (Å²) in [4.78, 5) is 12.6. The first kappa shape index (κ1) is 12.4. The van der Waals surface area contributed by atoms with Crippen LogP contribution in [0, 0.1) is 0 Å². The van der Waals surface area contributed by atoms with E-state index >= 15 is 0 Å². The standard InChI is InChI=1S/C10H15NO2S2/c1-3-13-10(12)8-5-7(6-14-4-2)15-9(8)11/h5H,3-4,6,11H2,1-2H3. The van der Waals surface area contributed by atoms with Gasteiger partial charge in [0, 0.05) is 10.6 Å². The zero-order chi connectivity index (χ0) is 11.3. The highest BCUT2D eigenvalue weighted by atomic mass is 32.2. The average Bonchev–Trinajstić information content (AvgIpc) is 2.57. The van der Waals surface area contributed by atoms with E-state index in [0.717, 1.165) is 16.4 Å². The van der Waals surface area contributed by atoms with Crippen LogP contribution in [0.25, 0.3) is 0 Å². The molecule has 0 unspecified atom stereocenters. The molecule has 0 amide bonds. The average molecular weight is 245 g/mol. The summed E-state index contributed by atoms with van der Waals surface area (Å²) in [6, 6.07) is 1.83.